The zero-order valence-electron chi connectivity index (χ0n) is 12.5. The second-order valence-corrected chi connectivity index (χ2v) is 5.94. The van der Waals surface area contributed by atoms with Crippen molar-refractivity contribution < 1.29 is 9.90 Å². The molecule has 1 aliphatic rings. The van der Waals surface area contributed by atoms with Gasteiger partial charge in [0.25, 0.3) is 0 Å². The van der Waals surface area contributed by atoms with Crippen molar-refractivity contribution in [2.75, 3.05) is 0 Å². The van der Waals surface area contributed by atoms with Gasteiger partial charge in [-0.05, 0) is 52.9 Å². The second-order valence-electron chi connectivity index (χ2n) is 5.94. The summed E-state index contributed by atoms with van der Waals surface area (Å²) in [7, 11) is 0. The molecule has 1 heterocycles. The van der Waals surface area contributed by atoms with Crippen molar-refractivity contribution in [1.29, 1.82) is 0 Å². The minimum atomic E-state index is -0.797. The molecule has 0 spiro atoms. The molecule has 6 heteroatoms. The van der Waals surface area contributed by atoms with E-state index < -0.39 is 11.5 Å². The number of nitrogens with one attached hydrogen (secondary N) is 1. The van der Waals surface area contributed by atoms with Crippen molar-refractivity contribution in [2.24, 2.45) is 0 Å². The van der Waals surface area contributed by atoms with Gasteiger partial charge >= 0.3 is 5.97 Å². The van der Waals surface area contributed by atoms with Gasteiger partial charge in [-0.1, -0.05) is 0 Å². The molecule has 0 aromatic carbocycles. The topological polar surface area (TPSA) is 80.0 Å². The Hall–Kier alpha value is -1.43. The molecule has 0 aliphatic heterocycles. The van der Waals surface area contributed by atoms with E-state index in [1.165, 1.54) is 0 Å². The number of hydrogen-bond donors (Lipinski definition) is 2. The van der Waals surface area contributed by atoms with Crippen molar-refractivity contribution in [3.05, 3.63) is 11.6 Å². The van der Waals surface area contributed by atoms with Crippen LogP contribution >= 0.6 is 0 Å². The number of aromatic nitrogens is 3. The van der Waals surface area contributed by atoms with E-state index in [2.05, 4.69) is 15.4 Å². The molecule has 1 aromatic rings. The Morgan fingerprint density at radius 3 is 2.65 bits per heavy atom. The minimum absolute atomic E-state index is 0.399. The number of carboxylic acids is 1. The lowest BCUT2D eigenvalue weighted by Gasteiger charge is -2.26. The third-order valence-electron chi connectivity index (χ3n) is 3.83. The molecular formula is C14H24N4O2. The van der Waals surface area contributed by atoms with Crippen molar-refractivity contribution in [3.63, 3.8) is 0 Å². The Balaban J connectivity index is 1.78. The summed E-state index contributed by atoms with van der Waals surface area (Å²) in [5.74, 6) is 0.949. The van der Waals surface area contributed by atoms with Crippen LogP contribution in [0, 0.1) is 13.8 Å². The summed E-state index contributed by atoms with van der Waals surface area (Å²) in [6.45, 7) is 6.41. The molecule has 2 rings (SSSR count). The van der Waals surface area contributed by atoms with E-state index in [0.717, 1.165) is 43.9 Å². The standard InChI is InChI=1S/C14H24N4O2/c1-10-15-11(2)18(17-10)9-5-4-8-14(3,13(19)20)16-12-6-7-12/h12,16H,4-9H2,1-3H3,(H,19,20). The zero-order chi connectivity index (χ0) is 14.8. The zero-order valence-corrected chi connectivity index (χ0v) is 12.5. The van der Waals surface area contributed by atoms with Crippen LogP contribution in [0.3, 0.4) is 0 Å². The van der Waals surface area contributed by atoms with Crippen LogP contribution in [-0.4, -0.2) is 37.4 Å². The number of unbranched alkanes of at least 4 members (excludes halogenated alkanes) is 1. The predicted molar refractivity (Wildman–Crippen MR) is 75.5 cm³/mol. The van der Waals surface area contributed by atoms with E-state index in [1.54, 1.807) is 6.92 Å². The van der Waals surface area contributed by atoms with Crippen LogP contribution in [0.15, 0.2) is 0 Å². The van der Waals surface area contributed by atoms with Gasteiger partial charge in [0.05, 0.1) is 0 Å². The summed E-state index contributed by atoms with van der Waals surface area (Å²) in [5, 5.41) is 16.9. The van der Waals surface area contributed by atoms with Gasteiger partial charge in [-0.2, -0.15) is 5.10 Å². The SMILES string of the molecule is Cc1nc(C)n(CCCCC(C)(NC2CC2)C(=O)O)n1. The fourth-order valence-electron chi connectivity index (χ4n) is 2.43. The van der Waals surface area contributed by atoms with Gasteiger partial charge in [0, 0.05) is 12.6 Å². The number of carbonyl (C=O) groups is 1. The Kier molecular flexibility index (Phi) is 4.42. The van der Waals surface area contributed by atoms with E-state index >= 15 is 0 Å². The van der Waals surface area contributed by atoms with Gasteiger partial charge in [-0.15, -0.1) is 0 Å². The summed E-state index contributed by atoms with van der Waals surface area (Å²) in [6, 6.07) is 0.399. The molecular weight excluding hydrogens is 256 g/mol. The van der Waals surface area contributed by atoms with E-state index in [0.29, 0.717) is 12.5 Å². The van der Waals surface area contributed by atoms with Gasteiger partial charge in [0.15, 0.2) is 0 Å². The van der Waals surface area contributed by atoms with Crippen LogP contribution in [0.2, 0.25) is 0 Å². The normalized spacial score (nSPS) is 17.9. The number of hydrogen-bond acceptors (Lipinski definition) is 4. The predicted octanol–water partition coefficient (Wildman–Crippen LogP) is 1.66. The average molecular weight is 280 g/mol. The molecule has 2 N–H and O–H groups in total. The second kappa shape index (κ2) is 5.91. The quantitative estimate of drug-likeness (QED) is 0.708. The van der Waals surface area contributed by atoms with Crippen LogP contribution in [-0.2, 0) is 11.3 Å². The Labute approximate surface area is 119 Å². The molecule has 6 nitrogen and oxygen atoms in total. The van der Waals surface area contributed by atoms with E-state index in [9.17, 15) is 9.90 Å². The van der Waals surface area contributed by atoms with Crippen molar-refractivity contribution >= 4 is 5.97 Å². The first kappa shape index (κ1) is 15.0. The fraction of sp³-hybridized carbons (Fsp3) is 0.786. The highest BCUT2D eigenvalue weighted by Gasteiger charge is 2.37. The number of aliphatic carboxylic acids is 1. The van der Waals surface area contributed by atoms with Crippen LogP contribution in [0.1, 0.15) is 50.7 Å². The van der Waals surface area contributed by atoms with Gasteiger partial charge in [-0.3, -0.25) is 14.8 Å². The summed E-state index contributed by atoms with van der Waals surface area (Å²) < 4.78 is 1.89. The Morgan fingerprint density at radius 1 is 1.45 bits per heavy atom. The number of aryl methyl sites for hydroxylation is 3. The van der Waals surface area contributed by atoms with E-state index in [-0.39, 0.29) is 0 Å². The molecule has 0 radical (unpaired) electrons. The number of carboxylic acid groups (broad SMARTS) is 1. The molecule has 1 atom stereocenters. The largest absolute Gasteiger partial charge is 0.480 e. The summed E-state index contributed by atoms with van der Waals surface area (Å²) in [4.78, 5) is 15.7. The first-order valence-electron chi connectivity index (χ1n) is 7.30. The van der Waals surface area contributed by atoms with Crippen molar-refractivity contribution in [1.82, 2.24) is 20.1 Å². The highest BCUT2D eigenvalue weighted by Crippen LogP contribution is 2.25. The highest BCUT2D eigenvalue weighted by molar-refractivity contribution is 5.78. The van der Waals surface area contributed by atoms with Crippen LogP contribution in [0.4, 0.5) is 0 Å². The Morgan fingerprint density at radius 2 is 2.15 bits per heavy atom. The minimum Gasteiger partial charge on any atom is -0.480 e. The summed E-state index contributed by atoms with van der Waals surface area (Å²) in [5.41, 5.74) is -0.797. The first-order valence-corrected chi connectivity index (χ1v) is 7.30. The number of rotatable bonds is 8. The molecule has 0 bridgehead atoms. The smallest absolute Gasteiger partial charge is 0.323 e. The van der Waals surface area contributed by atoms with Crippen LogP contribution in [0.5, 0.6) is 0 Å². The molecule has 1 fully saturated rings. The monoisotopic (exact) mass is 280 g/mol. The highest BCUT2D eigenvalue weighted by atomic mass is 16.4. The molecule has 1 unspecified atom stereocenters. The molecule has 0 saturated heterocycles. The maximum absolute atomic E-state index is 11.4. The lowest BCUT2D eigenvalue weighted by atomic mass is 9.94. The fourth-order valence-corrected chi connectivity index (χ4v) is 2.43. The average Bonchev–Trinajstić information content (AvgIpc) is 3.10. The molecule has 112 valence electrons. The summed E-state index contributed by atoms with van der Waals surface area (Å²) in [6.07, 6.45) is 4.62. The lowest BCUT2D eigenvalue weighted by Crippen LogP contribution is -2.50. The van der Waals surface area contributed by atoms with Crippen LogP contribution < -0.4 is 5.32 Å². The molecule has 1 aliphatic carbocycles. The molecule has 1 aromatic heterocycles. The van der Waals surface area contributed by atoms with E-state index in [4.69, 9.17) is 0 Å². The Bertz CT molecular complexity index is 482. The maximum Gasteiger partial charge on any atom is 0.323 e. The van der Waals surface area contributed by atoms with Crippen molar-refractivity contribution in [3.8, 4) is 0 Å². The van der Waals surface area contributed by atoms with Gasteiger partial charge < -0.3 is 5.11 Å². The van der Waals surface area contributed by atoms with Gasteiger partial charge in [-0.25, -0.2) is 4.98 Å². The maximum atomic E-state index is 11.4. The molecule has 1 saturated carbocycles. The number of nitrogens with zero attached hydrogens (tertiary/aromatic N) is 3. The van der Waals surface area contributed by atoms with Crippen LogP contribution in [0.25, 0.3) is 0 Å². The van der Waals surface area contributed by atoms with Gasteiger partial charge in [0.2, 0.25) is 0 Å². The van der Waals surface area contributed by atoms with Crippen molar-refractivity contribution in [2.45, 2.75) is 71.0 Å². The molecule has 0 amide bonds. The molecule has 20 heavy (non-hydrogen) atoms. The third kappa shape index (κ3) is 3.79. The van der Waals surface area contributed by atoms with Gasteiger partial charge in [0.1, 0.15) is 17.2 Å². The summed E-state index contributed by atoms with van der Waals surface area (Å²) >= 11 is 0. The third-order valence-corrected chi connectivity index (χ3v) is 3.83. The van der Waals surface area contributed by atoms with E-state index in [1.807, 2.05) is 18.5 Å². The first-order chi connectivity index (χ1) is 9.40. The lowest BCUT2D eigenvalue weighted by molar-refractivity contribution is -0.144.